The van der Waals surface area contributed by atoms with Crippen LogP contribution in [0.15, 0.2) is 59.0 Å². The van der Waals surface area contributed by atoms with Crippen molar-refractivity contribution in [3.8, 4) is 5.75 Å². The van der Waals surface area contributed by atoms with E-state index in [0.717, 1.165) is 13.1 Å². The van der Waals surface area contributed by atoms with E-state index >= 15 is 0 Å². The number of hydrogen-bond acceptors (Lipinski definition) is 7. The number of rotatable bonds is 8. The molecule has 2 saturated heterocycles. The normalized spacial score (nSPS) is 20.9. The maximum atomic E-state index is 13.1. The Morgan fingerprint density at radius 1 is 1.15 bits per heavy atom. The molecule has 1 amide bonds. The quantitative estimate of drug-likeness (QED) is 0.285. The van der Waals surface area contributed by atoms with Gasteiger partial charge in [0.15, 0.2) is 0 Å². The lowest BCUT2D eigenvalue weighted by molar-refractivity contribution is -0.140. The number of likely N-dealkylation sites (tertiary alicyclic amines) is 1. The fraction of sp³-hybridized carbons (Fsp3) is 0.360. The number of aliphatic hydroxyl groups excluding tert-OH is 1. The van der Waals surface area contributed by atoms with Gasteiger partial charge in [0.1, 0.15) is 35.7 Å². The maximum absolute atomic E-state index is 13.1. The number of ether oxygens (including phenoxy) is 2. The topological polar surface area (TPSA) is 92.5 Å². The van der Waals surface area contributed by atoms with Crippen molar-refractivity contribution in [2.24, 2.45) is 0 Å². The van der Waals surface area contributed by atoms with Crippen LogP contribution in [-0.4, -0.2) is 72.6 Å². The van der Waals surface area contributed by atoms with Gasteiger partial charge in [-0.1, -0.05) is 12.7 Å². The first-order chi connectivity index (χ1) is 16.0. The van der Waals surface area contributed by atoms with Gasteiger partial charge in [-0.15, -0.1) is 0 Å². The largest absolute Gasteiger partial charge is 0.507 e. The Morgan fingerprint density at radius 2 is 1.88 bits per heavy atom. The molecule has 0 spiro atoms. The molecule has 4 rings (SSSR count). The van der Waals surface area contributed by atoms with Crippen molar-refractivity contribution in [2.75, 3.05) is 46.0 Å². The molecule has 1 N–H and O–H groups in total. The van der Waals surface area contributed by atoms with E-state index in [2.05, 4.69) is 11.5 Å². The van der Waals surface area contributed by atoms with E-state index in [1.807, 2.05) is 0 Å². The summed E-state index contributed by atoms with van der Waals surface area (Å²) in [6.45, 7) is 9.54. The molecule has 0 radical (unpaired) electrons. The Kier molecular flexibility index (Phi) is 6.96. The van der Waals surface area contributed by atoms with Gasteiger partial charge in [-0.05, 0) is 43.3 Å². The van der Waals surface area contributed by atoms with Crippen LogP contribution in [0.3, 0.4) is 0 Å². The Balaban J connectivity index is 1.66. The molecule has 2 aliphatic heterocycles. The molecule has 0 bridgehead atoms. The lowest BCUT2D eigenvalue weighted by Gasteiger charge is -2.30. The number of carbonyl (C=O) groups is 2. The van der Waals surface area contributed by atoms with E-state index in [9.17, 15) is 14.7 Å². The van der Waals surface area contributed by atoms with Gasteiger partial charge in [0, 0.05) is 31.7 Å². The van der Waals surface area contributed by atoms with Crippen molar-refractivity contribution in [3.63, 3.8) is 0 Å². The van der Waals surface area contributed by atoms with Crippen LogP contribution < -0.4 is 4.74 Å². The minimum Gasteiger partial charge on any atom is -0.507 e. The third-order valence-electron chi connectivity index (χ3n) is 5.83. The summed E-state index contributed by atoms with van der Waals surface area (Å²) in [6, 6.07) is 9.42. The summed E-state index contributed by atoms with van der Waals surface area (Å²) in [6.07, 6.45) is 1.64. The zero-order valence-corrected chi connectivity index (χ0v) is 18.7. The average molecular weight is 453 g/mol. The molecule has 1 atom stereocenters. The van der Waals surface area contributed by atoms with Crippen LogP contribution in [0.2, 0.25) is 0 Å². The van der Waals surface area contributed by atoms with Gasteiger partial charge in [0.2, 0.25) is 0 Å². The number of Topliss-reactive ketones (excluding diaryl/α,β-unsaturated/α-hetero) is 1. The molecule has 0 unspecified atom stereocenters. The molecule has 0 saturated carbocycles. The maximum Gasteiger partial charge on any atom is 0.295 e. The monoisotopic (exact) mass is 452 g/mol. The van der Waals surface area contributed by atoms with Crippen molar-refractivity contribution in [1.29, 1.82) is 0 Å². The summed E-state index contributed by atoms with van der Waals surface area (Å²) in [5.41, 5.74) is 0.441. The van der Waals surface area contributed by atoms with E-state index in [-0.39, 0.29) is 11.3 Å². The van der Waals surface area contributed by atoms with Crippen LogP contribution in [0.1, 0.15) is 23.1 Å². The van der Waals surface area contributed by atoms with Crippen molar-refractivity contribution in [2.45, 2.75) is 13.0 Å². The molecule has 8 heteroatoms. The highest BCUT2D eigenvalue weighted by molar-refractivity contribution is 6.46. The van der Waals surface area contributed by atoms with Gasteiger partial charge in [-0.25, -0.2) is 0 Å². The molecular weight excluding hydrogens is 424 g/mol. The second-order valence-corrected chi connectivity index (χ2v) is 8.02. The molecule has 8 nitrogen and oxygen atoms in total. The molecule has 1 aromatic heterocycles. The molecule has 174 valence electrons. The third kappa shape index (κ3) is 4.86. The molecule has 33 heavy (non-hydrogen) atoms. The van der Waals surface area contributed by atoms with E-state index in [1.165, 1.54) is 4.90 Å². The van der Waals surface area contributed by atoms with Crippen LogP contribution in [0, 0.1) is 6.92 Å². The number of amides is 1. The number of benzene rings is 1. The predicted octanol–water partition coefficient (Wildman–Crippen LogP) is 2.91. The predicted molar refractivity (Wildman–Crippen MR) is 122 cm³/mol. The van der Waals surface area contributed by atoms with Crippen LogP contribution in [-0.2, 0) is 14.3 Å². The number of ketones is 1. The second kappa shape index (κ2) is 10.1. The number of aliphatic hydroxyl groups is 1. The van der Waals surface area contributed by atoms with E-state index in [1.54, 1.807) is 49.4 Å². The van der Waals surface area contributed by atoms with Crippen LogP contribution >= 0.6 is 0 Å². The Morgan fingerprint density at radius 3 is 2.52 bits per heavy atom. The molecular formula is C25H28N2O6. The van der Waals surface area contributed by atoms with Gasteiger partial charge in [-0.2, -0.15) is 0 Å². The fourth-order valence-corrected chi connectivity index (χ4v) is 4.10. The van der Waals surface area contributed by atoms with E-state index < -0.39 is 17.7 Å². The summed E-state index contributed by atoms with van der Waals surface area (Å²) in [5, 5.41) is 11.1. The highest BCUT2D eigenvalue weighted by atomic mass is 16.5. The summed E-state index contributed by atoms with van der Waals surface area (Å²) < 4.78 is 16.7. The van der Waals surface area contributed by atoms with Gasteiger partial charge < -0.3 is 23.9 Å². The zero-order chi connectivity index (χ0) is 23.4. The van der Waals surface area contributed by atoms with Crippen LogP contribution in [0.5, 0.6) is 5.75 Å². The highest BCUT2D eigenvalue weighted by Crippen LogP contribution is 2.40. The minimum atomic E-state index is -0.795. The molecule has 0 aliphatic carbocycles. The molecule has 3 heterocycles. The average Bonchev–Trinajstić information content (AvgIpc) is 3.37. The zero-order valence-electron chi connectivity index (χ0n) is 18.7. The number of furan rings is 1. The number of carbonyl (C=O) groups excluding carboxylic acids is 2. The summed E-state index contributed by atoms with van der Waals surface area (Å²) in [7, 11) is 0. The Labute approximate surface area is 192 Å². The summed E-state index contributed by atoms with van der Waals surface area (Å²) in [4.78, 5) is 29.7. The van der Waals surface area contributed by atoms with Gasteiger partial charge in [0.25, 0.3) is 11.7 Å². The number of hydrogen-bond donors (Lipinski definition) is 1. The molecule has 2 aromatic rings. The minimum absolute atomic E-state index is 0.0242. The first-order valence-corrected chi connectivity index (χ1v) is 11.0. The molecule has 2 aliphatic rings. The van der Waals surface area contributed by atoms with Crippen molar-refractivity contribution in [1.82, 2.24) is 9.80 Å². The van der Waals surface area contributed by atoms with Gasteiger partial charge >= 0.3 is 0 Å². The molecule has 1 aromatic carbocycles. The van der Waals surface area contributed by atoms with Crippen molar-refractivity contribution < 1.29 is 28.6 Å². The number of aryl methyl sites for hydroxylation is 1. The van der Waals surface area contributed by atoms with Crippen molar-refractivity contribution >= 4 is 17.4 Å². The standard InChI is InChI=1S/C25H28N2O6/c1-3-14-32-19-7-5-18(6-8-19)23(28)21-22(20-9-4-17(2)33-20)27(25(30)24(21)29)11-10-26-12-15-31-16-13-26/h3-9,22,28H,1,10-16H2,2H3/t22-/m0/s1. The van der Waals surface area contributed by atoms with Crippen LogP contribution in [0.25, 0.3) is 5.76 Å². The Bertz CT molecular complexity index is 1050. The lowest BCUT2D eigenvalue weighted by Crippen LogP contribution is -2.42. The number of morpholine rings is 1. The fourth-order valence-electron chi connectivity index (χ4n) is 4.10. The smallest absolute Gasteiger partial charge is 0.295 e. The van der Waals surface area contributed by atoms with E-state index in [0.29, 0.717) is 55.7 Å². The second-order valence-electron chi connectivity index (χ2n) is 8.02. The van der Waals surface area contributed by atoms with Gasteiger partial charge in [0.05, 0.1) is 18.8 Å². The highest BCUT2D eigenvalue weighted by Gasteiger charge is 2.47. The first-order valence-electron chi connectivity index (χ1n) is 11.0. The summed E-state index contributed by atoms with van der Waals surface area (Å²) in [5.74, 6) is 0.108. The van der Waals surface area contributed by atoms with Crippen LogP contribution in [0.4, 0.5) is 0 Å². The third-order valence-corrected chi connectivity index (χ3v) is 5.83. The van der Waals surface area contributed by atoms with Crippen molar-refractivity contribution in [3.05, 3.63) is 71.7 Å². The van der Waals surface area contributed by atoms with Gasteiger partial charge in [-0.3, -0.25) is 14.5 Å². The molecule has 2 fully saturated rings. The summed E-state index contributed by atoms with van der Waals surface area (Å²) >= 11 is 0. The lowest BCUT2D eigenvalue weighted by atomic mass is 9.99. The Hall–Kier alpha value is -3.36. The first kappa shape index (κ1) is 22.8. The SMILES string of the molecule is C=CCOc1ccc(C(O)=C2C(=O)C(=O)N(CCN3CCOCC3)[C@H]2c2ccc(C)o2)cc1. The van der Waals surface area contributed by atoms with E-state index in [4.69, 9.17) is 13.9 Å². The number of nitrogens with zero attached hydrogens (tertiary/aromatic N) is 2.